The van der Waals surface area contributed by atoms with Crippen molar-refractivity contribution in [3.63, 3.8) is 0 Å². The molecule has 1 spiro atoms. The van der Waals surface area contributed by atoms with Gasteiger partial charge in [0.1, 0.15) is 5.75 Å². The summed E-state index contributed by atoms with van der Waals surface area (Å²) in [5, 5.41) is 4.39. The average molecular weight is 325 g/mol. The summed E-state index contributed by atoms with van der Waals surface area (Å²) in [5.41, 5.74) is 3.34. The Bertz CT molecular complexity index is 750. The van der Waals surface area contributed by atoms with Crippen molar-refractivity contribution in [1.29, 1.82) is 0 Å². The van der Waals surface area contributed by atoms with E-state index < -0.39 is 0 Å². The molecule has 5 nitrogen and oxygen atoms in total. The molecule has 1 atom stereocenters. The summed E-state index contributed by atoms with van der Waals surface area (Å²) >= 11 is 0. The first-order valence-corrected chi connectivity index (χ1v) is 8.39. The van der Waals surface area contributed by atoms with Crippen LogP contribution in [0.3, 0.4) is 0 Å². The number of oxime groups is 1. The minimum atomic E-state index is -0.152. The number of aromatic nitrogens is 1. The second kappa shape index (κ2) is 5.98. The maximum Gasteiger partial charge on any atom is 0.157 e. The van der Waals surface area contributed by atoms with Crippen molar-refractivity contribution in [3.8, 4) is 5.75 Å². The minimum Gasteiger partial charge on any atom is -0.497 e. The Morgan fingerprint density at radius 2 is 2.08 bits per heavy atom. The van der Waals surface area contributed by atoms with Crippen LogP contribution in [0.15, 0.2) is 47.8 Å². The highest BCUT2D eigenvalue weighted by molar-refractivity contribution is 6.01. The highest BCUT2D eigenvalue weighted by Crippen LogP contribution is 2.36. The molecule has 1 fully saturated rings. The molecule has 126 valence electrons. The van der Waals surface area contributed by atoms with Crippen LogP contribution in [0.1, 0.15) is 24.1 Å². The van der Waals surface area contributed by atoms with Gasteiger partial charge >= 0.3 is 0 Å². The van der Waals surface area contributed by atoms with Crippen LogP contribution in [0.5, 0.6) is 5.75 Å². The van der Waals surface area contributed by atoms with Gasteiger partial charge in [-0.25, -0.2) is 0 Å². The zero-order chi connectivity index (χ0) is 16.6. The van der Waals surface area contributed by atoms with Crippen LogP contribution < -0.4 is 4.74 Å². The standard InChI is InChI=1S/C19H23N3O2/c1-21-10-3-4-16(21)13-22-11-9-19(14-22)12-18(20-24-19)15-5-7-17(23-2)8-6-15/h3-8,10H,9,11-14H2,1-2H3. The van der Waals surface area contributed by atoms with Crippen molar-refractivity contribution >= 4 is 5.71 Å². The van der Waals surface area contributed by atoms with E-state index in [0.29, 0.717) is 0 Å². The largest absolute Gasteiger partial charge is 0.497 e. The lowest BCUT2D eigenvalue weighted by atomic mass is 9.93. The topological polar surface area (TPSA) is 39.0 Å². The lowest BCUT2D eigenvalue weighted by molar-refractivity contribution is -0.0106. The van der Waals surface area contributed by atoms with Gasteiger partial charge in [-0.2, -0.15) is 0 Å². The fourth-order valence-electron chi connectivity index (χ4n) is 3.63. The van der Waals surface area contributed by atoms with Crippen molar-refractivity contribution in [2.45, 2.75) is 25.0 Å². The molecule has 0 radical (unpaired) electrons. The van der Waals surface area contributed by atoms with Crippen LogP contribution in [0.4, 0.5) is 0 Å². The van der Waals surface area contributed by atoms with Gasteiger partial charge in [-0.1, -0.05) is 5.16 Å². The van der Waals surface area contributed by atoms with Crippen molar-refractivity contribution in [2.24, 2.45) is 12.2 Å². The highest BCUT2D eigenvalue weighted by Gasteiger charge is 2.45. The number of rotatable bonds is 4. The Labute approximate surface area is 142 Å². The van der Waals surface area contributed by atoms with Crippen molar-refractivity contribution < 1.29 is 9.57 Å². The van der Waals surface area contributed by atoms with Crippen LogP contribution in [-0.4, -0.2) is 41.0 Å². The quantitative estimate of drug-likeness (QED) is 0.868. The highest BCUT2D eigenvalue weighted by atomic mass is 16.7. The molecular formula is C19H23N3O2. The molecule has 1 unspecified atom stereocenters. The maximum absolute atomic E-state index is 5.91. The summed E-state index contributed by atoms with van der Waals surface area (Å²) in [6.45, 7) is 2.95. The zero-order valence-corrected chi connectivity index (χ0v) is 14.2. The minimum absolute atomic E-state index is 0.152. The Kier molecular flexibility index (Phi) is 3.81. The number of nitrogens with zero attached hydrogens (tertiary/aromatic N) is 3. The van der Waals surface area contributed by atoms with Gasteiger partial charge in [-0.05, 0) is 42.0 Å². The number of benzene rings is 1. The van der Waals surface area contributed by atoms with E-state index in [4.69, 9.17) is 9.57 Å². The fraction of sp³-hybridized carbons (Fsp3) is 0.421. The zero-order valence-electron chi connectivity index (χ0n) is 14.2. The molecule has 1 aromatic heterocycles. The summed E-state index contributed by atoms with van der Waals surface area (Å²) in [5.74, 6) is 0.864. The van der Waals surface area contributed by atoms with E-state index in [9.17, 15) is 0 Å². The van der Waals surface area contributed by atoms with E-state index >= 15 is 0 Å². The maximum atomic E-state index is 5.91. The van der Waals surface area contributed by atoms with Gasteiger partial charge in [0, 0.05) is 51.4 Å². The third kappa shape index (κ3) is 2.80. The molecule has 5 heteroatoms. The molecule has 0 bridgehead atoms. The van der Waals surface area contributed by atoms with Crippen LogP contribution in [0.25, 0.3) is 0 Å². The molecule has 1 aromatic carbocycles. The predicted octanol–water partition coefficient (Wildman–Crippen LogP) is 2.80. The Morgan fingerprint density at radius 1 is 1.25 bits per heavy atom. The molecule has 3 heterocycles. The number of likely N-dealkylation sites (tertiary alicyclic amines) is 1. The van der Waals surface area contributed by atoms with Crippen molar-refractivity contribution in [3.05, 3.63) is 53.9 Å². The van der Waals surface area contributed by atoms with Gasteiger partial charge < -0.3 is 14.1 Å². The number of aryl methyl sites for hydroxylation is 1. The van der Waals surface area contributed by atoms with Gasteiger partial charge in [0.15, 0.2) is 5.60 Å². The molecule has 2 aliphatic heterocycles. The third-order valence-corrected chi connectivity index (χ3v) is 5.09. The lowest BCUT2D eigenvalue weighted by Crippen LogP contribution is -2.33. The molecule has 0 amide bonds. The molecule has 0 saturated carbocycles. The Balaban J connectivity index is 1.41. The number of methoxy groups -OCH3 is 1. The smallest absolute Gasteiger partial charge is 0.157 e. The van der Waals surface area contributed by atoms with E-state index in [0.717, 1.165) is 49.5 Å². The Hall–Kier alpha value is -2.27. The van der Waals surface area contributed by atoms with Gasteiger partial charge in [-0.3, -0.25) is 4.90 Å². The first kappa shape index (κ1) is 15.3. The second-order valence-corrected chi connectivity index (χ2v) is 6.79. The number of hydrogen-bond acceptors (Lipinski definition) is 4. The SMILES string of the molecule is COc1ccc(C2=NOC3(CCN(Cc4cccn4C)C3)C2)cc1. The fourth-order valence-corrected chi connectivity index (χ4v) is 3.63. The summed E-state index contributed by atoms with van der Waals surface area (Å²) < 4.78 is 7.40. The third-order valence-electron chi connectivity index (χ3n) is 5.09. The molecule has 0 aliphatic carbocycles. The summed E-state index contributed by atoms with van der Waals surface area (Å²) in [6, 6.07) is 12.3. The Morgan fingerprint density at radius 3 is 2.79 bits per heavy atom. The molecule has 2 aromatic rings. The van der Waals surface area contributed by atoms with Gasteiger partial charge in [0.2, 0.25) is 0 Å². The number of ether oxygens (including phenoxy) is 1. The average Bonchev–Trinajstić information content (AvgIpc) is 3.31. The van der Waals surface area contributed by atoms with E-state index in [2.05, 4.69) is 52.1 Å². The van der Waals surface area contributed by atoms with Gasteiger partial charge in [0.25, 0.3) is 0 Å². The summed E-state index contributed by atoms with van der Waals surface area (Å²) in [6.07, 6.45) is 4.00. The van der Waals surface area contributed by atoms with E-state index in [1.165, 1.54) is 5.69 Å². The predicted molar refractivity (Wildman–Crippen MR) is 93.3 cm³/mol. The molecule has 24 heavy (non-hydrogen) atoms. The summed E-state index contributed by atoms with van der Waals surface area (Å²) in [4.78, 5) is 8.37. The van der Waals surface area contributed by atoms with Crippen LogP contribution in [0.2, 0.25) is 0 Å². The molecule has 1 saturated heterocycles. The number of hydrogen-bond donors (Lipinski definition) is 0. The van der Waals surface area contributed by atoms with Gasteiger partial charge in [0.05, 0.1) is 12.8 Å². The van der Waals surface area contributed by atoms with E-state index in [-0.39, 0.29) is 5.60 Å². The first-order chi connectivity index (χ1) is 11.7. The van der Waals surface area contributed by atoms with Crippen molar-refractivity contribution in [1.82, 2.24) is 9.47 Å². The van der Waals surface area contributed by atoms with Crippen LogP contribution >= 0.6 is 0 Å². The summed E-state index contributed by atoms with van der Waals surface area (Å²) in [7, 11) is 3.78. The van der Waals surface area contributed by atoms with E-state index in [1.807, 2.05) is 12.1 Å². The first-order valence-electron chi connectivity index (χ1n) is 8.39. The second-order valence-electron chi connectivity index (χ2n) is 6.79. The monoisotopic (exact) mass is 325 g/mol. The molecule has 2 aliphatic rings. The molecule has 4 rings (SSSR count). The van der Waals surface area contributed by atoms with Crippen LogP contribution in [0, 0.1) is 0 Å². The molecule has 0 N–H and O–H groups in total. The van der Waals surface area contributed by atoms with Gasteiger partial charge in [-0.15, -0.1) is 0 Å². The molecular weight excluding hydrogens is 302 g/mol. The lowest BCUT2D eigenvalue weighted by Gasteiger charge is -2.22. The van der Waals surface area contributed by atoms with E-state index in [1.54, 1.807) is 7.11 Å². The van der Waals surface area contributed by atoms with Crippen molar-refractivity contribution in [2.75, 3.05) is 20.2 Å². The van der Waals surface area contributed by atoms with Crippen LogP contribution in [-0.2, 0) is 18.4 Å². The normalized spacial score (nSPS) is 23.5.